The summed E-state index contributed by atoms with van der Waals surface area (Å²) in [6.07, 6.45) is 0. The Kier molecular flexibility index (Phi) is 4.93. The maximum Gasteiger partial charge on any atom is 0.258 e. The zero-order chi connectivity index (χ0) is 18.7. The second-order valence-electron chi connectivity index (χ2n) is 5.71. The molecule has 0 bridgehead atoms. The molecular formula is C20H15F3N2O. The lowest BCUT2D eigenvalue weighted by atomic mass is 10.1. The second-order valence-corrected chi connectivity index (χ2v) is 5.71. The van der Waals surface area contributed by atoms with Gasteiger partial charge < -0.3 is 10.6 Å². The molecular weight excluding hydrogens is 341 g/mol. The number of para-hydroxylation sites is 2. The molecule has 3 aromatic carbocycles. The summed E-state index contributed by atoms with van der Waals surface area (Å²) in [5, 5.41) is 5.66. The highest BCUT2D eigenvalue weighted by atomic mass is 19.2. The molecule has 6 heteroatoms. The number of benzene rings is 3. The van der Waals surface area contributed by atoms with Crippen molar-refractivity contribution in [1.29, 1.82) is 0 Å². The zero-order valence-corrected chi connectivity index (χ0v) is 13.8. The van der Waals surface area contributed by atoms with Gasteiger partial charge in [-0.2, -0.15) is 0 Å². The van der Waals surface area contributed by atoms with Crippen molar-refractivity contribution in [3.8, 4) is 0 Å². The Labute approximate surface area is 148 Å². The largest absolute Gasteiger partial charge is 0.354 e. The fraction of sp³-hybridized carbons (Fsp3) is 0.0500. The first-order chi connectivity index (χ1) is 12.5. The van der Waals surface area contributed by atoms with E-state index in [9.17, 15) is 18.0 Å². The van der Waals surface area contributed by atoms with Crippen molar-refractivity contribution in [3.05, 3.63) is 89.2 Å². The first kappa shape index (κ1) is 17.5. The lowest BCUT2D eigenvalue weighted by Gasteiger charge is -2.14. The van der Waals surface area contributed by atoms with Gasteiger partial charge in [0.25, 0.3) is 5.91 Å². The second kappa shape index (κ2) is 7.31. The quantitative estimate of drug-likeness (QED) is 0.614. The fourth-order valence-corrected chi connectivity index (χ4v) is 2.38. The van der Waals surface area contributed by atoms with E-state index >= 15 is 0 Å². The van der Waals surface area contributed by atoms with Crippen LogP contribution in [0.3, 0.4) is 0 Å². The molecule has 2 N–H and O–H groups in total. The lowest BCUT2D eigenvalue weighted by molar-refractivity contribution is 0.102. The Morgan fingerprint density at radius 3 is 2.15 bits per heavy atom. The van der Waals surface area contributed by atoms with Gasteiger partial charge in [0.1, 0.15) is 0 Å². The number of nitrogens with one attached hydrogen (secondary N) is 2. The highest BCUT2D eigenvalue weighted by Crippen LogP contribution is 2.26. The molecule has 0 aromatic heterocycles. The number of carbonyl (C=O) groups is 1. The van der Waals surface area contributed by atoms with E-state index in [2.05, 4.69) is 10.6 Å². The van der Waals surface area contributed by atoms with Crippen LogP contribution in [0.2, 0.25) is 0 Å². The minimum Gasteiger partial charge on any atom is -0.354 e. The summed E-state index contributed by atoms with van der Waals surface area (Å²) in [5.74, 6) is -5.42. The number of aryl methyl sites for hydroxylation is 1. The molecule has 0 aliphatic heterocycles. The number of hydrogen-bond acceptors (Lipinski definition) is 2. The number of carbonyl (C=O) groups excluding carboxylic acids is 1. The first-order valence-electron chi connectivity index (χ1n) is 7.83. The van der Waals surface area contributed by atoms with Crippen LogP contribution in [0.15, 0.2) is 60.7 Å². The Hall–Kier alpha value is -3.28. The summed E-state index contributed by atoms with van der Waals surface area (Å²) in [4.78, 5) is 12.3. The van der Waals surface area contributed by atoms with Gasteiger partial charge >= 0.3 is 0 Å². The predicted molar refractivity (Wildman–Crippen MR) is 95.2 cm³/mol. The molecule has 0 heterocycles. The highest BCUT2D eigenvalue weighted by molar-refractivity contribution is 6.06. The molecule has 0 fully saturated rings. The maximum atomic E-state index is 13.8. The van der Waals surface area contributed by atoms with Gasteiger partial charge in [0.2, 0.25) is 0 Å². The van der Waals surface area contributed by atoms with Crippen LogP contribution in [0.1, 0.15) is 15.9 Å². The van der Waals surface area contributed by atoms with Crippen LogP contribution in [0, 0.1) is 24.4 Å². The third-order valence-corrected chi connectivity index (χ3v) is 3.79. The van der Waals surface area contributed by atoms with E-state index in [4.69, 9.17) is 0 Å². The van der Waals surface area contributed by atoms with Gasteiger partial charge in [0.05, 0.1) is 16.9 Å². The van der Waals surface area contributed by atoms with Crippen LogP contribution in [0.25, 0.3) is 0 Å². The summed E-state index contributed by atoms with van der Waals surface area (Å²) in [7, 11) is 0. The summed E-state index contributed by atoms with van der Waals surface area (Å²) in [6.45, 7) is 1.97. The van der Waals surface area contributed by atoms with Crippen LogP contribution in [-0.2, 0) is 0 Å². The van der Waals surface area contributed by atoms with E-state index in [-0.39, 0.29) is 0 Å². The predicted octanol–water partition coefficient (Wildman–Crippen LogP) is 5.41. The van der Waals surface area contributed by atoms with Gasteiger partial charge in [-0.25, -0.2) is 13.2 Å². The number of halogens is 3. The standard InChI is InChI=1S/C20H15F3N2O/c1-12-6-8-13(9-7-12)24-16-4-2-3-5-17(16)25-20(26)14-10-11-15(21)19(23)18(14)22/h2-11,24H,1H3,(H,25,26). The Bertz CT molecular complexity index is 956. The van der Waals surface area contributed by atoms with Crippen LogP contribution in [0.5, 0.6) is 0 Å². The van der Waals surface area contributed by atoms with E-state index in [1.54, 1.807) is 24.3 Å². The summed E-state index contributed by atoms with van der Waals surface area (Å²) in [5.41, 5.74) is 2.28. The molecule has 132 valence electrons. The van der Waals surface area contributed by atoms with E-state index in [0.717, 1.165) is 17.3 Å². The monoisotopic (exact) mass is 356 g/mol. The average Bonchev–Trinajstić information content (AvgIpc) is 2.63. The highest BCUT2D eigenvalue weighted by Gasteiger charge is 2.19. The van der Waals surface area contributed by atoms with E-state index in [1.807, 2.05) is 31.2 Å². The molecule has 0 spiro atoms. The molecule has 0 aliphatic rings. The Morgan fingerprint density at radius 1 is 0.808 bits per heavy atom. The molecule has 26 heavy (non-hydrogen) atoms. The zero-order valence-electron chi connectivity index (χ0n) is 13.8. The lowest BCUT2D eigenvalue weighted by Crippen LogP contribution is -2.16. The van der Waals surface area contributed by atoms with E-state index < -0.39 is 28.9 Å². The molecule has 0 saturated heterocycles. The molecule has 3 nitrogen and oxygen atoms in total. The van der Waals surface area contributed by atoms with Crippen LogP contribution < -0.4 is 10.6 Å². The average molecular weight is 356 g/mol. The molecule has 0 unspecified atom stereocenters. The molecule has 0 atom stereocenters. The van der Waals surface area contributed by atoms with Crippen LogP contribution in [0.4, 0.5) is 30.2 Å². The topological polar surface area (TPSA) is 41.1 Å². The molecule has 3 rings (SSSR count). The van der Waals surface area contributed by atoms with Crippen LogP contribution in [-0.4, -0.2) is 5.91 Å². The Balaban J connectivity index is 1.85. The van der Waals surface area contributed by atoms with Crippen molar-refractivity contribution in [1.82, 2.24) is 0 Å². The number of anilines is 3. The fourth-order valence-electron chi connectivity index (χ4n) is 2.38. The maximum absolute atomic E-state index is 13.8. The summed E-state index contributed by atoms with van der Waals surface area (Å²) in [6, 6.07) is 16.0. The normalized spacial score (nSPS) is 10.5. The van der Waals surface area contributed by atoms with Crippen LogP contribution >= 0.6 is 0 Å². The van der Waals surface area contributed by atoms with E-state index in [0.29, 0.717) is 17.4 Å². The smallest absolute Gasteiger partial charge is 0.258 e. The third-order valence-electron chi connectivity index (χ3n) is 3.79. The summed E-state index contributed by atoms with van der Waals surface area (Å²) < 4.78 is 40.2. The van der Waals surface area contributed by atoms with Gasteiger partial charge in [-0.15, -0.1) is 0 Å². The van der Waals surface area contributed by atoms with Gasteiger partial charge in [-0.3, -0.25) is 4.79 Å². The van der Waals surface area contributed by atoms with E-state index in [1.165, 1.54) is 0 Å². The molecule has 0 saturated carbocycles. The summed E-state index contributed by atoms with van der Waals surface area (Å²) >= 11 is 0. The third kappa shape index (κ3) is 3.69. The van der Waals surface area contributed by atoms with Crippen molar-refractivity contribution >= 4 is 23.0 Å². The van der Waals surface area contributed by atoms with Crippen molar-refractivity contribution < 1.29 is 18.0 Å². The number of rotatable bonds is 4. The van der Waals surface area contributed by atoms with Gasteiger partial charge in [-0.05, 0) is 43.3 Å². The van der Waals surface area contributed by atoms with Crippen molar-refractivity contribution in [2.24, 2.45) is 0 Å². The first-order valence-corrected chi connectivity index (χ1v) is 7.83. The van der Waals surface area contributed by atoms with Gasteiger partial charge in [-0.1, -0.05) is 29.8 Å². The molecule has 1 amide bonds. The molecule has 0 radical (unpaired) electrons. The Morgan fingerprint density at radius 2 is 1.46 bits per heavy atom. The number of hydrogen-bond donors (Lipinski definition) is 2. The minimum absolute atomic E-state index is 0.377. The van der Waals surface area contributed by atoms with Crippen molar-refractivity contribution in [2.45, 2.75) is 6.92 Å². The number of amides is 1. The molecule has 0 aliphatic carbocycles. The SMILES string of the molecule is Cc1ccc(Nc2ccccc2NC(=O)c2ccc(F)c(F)c2F)cc1. The van der Waals surface area contributed by atoms with Gasteiger partial charge in [0.15, 0.2) is 17.5 Å². The molecule has 3 aromatic rings. The van der Waals surface area contributed by atoms with Gasteiger partial charge in [0, 0.05) is 5.69 Å². The minimum atomic E-state index is -1.68. The van der Waals surface area contributed by atoms with Crippen molar-refractivity contribution in [2.75, 3.05) is 10.6 Å². The van der Waals surface area contributed by atoms with Crippen molar-refractivity contribution in [3.63, 3.8) is 0 Å².